The Labute approximate surface area is 167 Å². The Bertz CT molecular complexity index is 594. The van der Waals surface area contributed by atoms with Gasteiger partial charge in [-0.3, -0.25) is 9.62 Å². The highest BCUT2D eigenvalue weighted by Crippen LogP contribution is 2.60. The Morgan fingerprint density at radius 2 is 1.65 bits per heavy atom. The van der Waals surface area contributed by atoms with Crippen molar-refractivity contribution in [2.24, 2.45) is 5.14 Å². The summed E-state index contributed by atoms with van der Waals surface area (Å²) >= 11 is 3.59. The molecule has 26 heavy (non-hydrogen) atoms. The van der Waals surface area contributed by atoms with E-state index in [1.165, 1.54) is 74.8 Å². The summed E-state index contributed by atoms with van der Waals surface area (Å²) in [6.07, 6.45) is 13.6. The van der Waals surface area contributed by atoms with Gasteiger partial charge in [-0.05, 0) is 94.1 Å². The van der Waals surface area contributed by atoms with E-state index in [4.69, 9.17) is 9.88 Å². The summed E-state index contributed by atoms with van der Waals surface area (Å²) in [6.45, 7) is 2.84. The van der Waals surface area contributed by atoms with Crippen molar-refractivity contribution in [3.63, 3.8) is 0 Å². The molecule has 1 unspecified atom stereocenters. The normalized spacial score (nSPS) is 26.6. The molecular formula is C21H33N2OS2+. The highest BCUT2D eigenvalue weighted by Gasteiger charge is 2.58. The zero-order valence-electron chi connectivity index (χ0n) is 16.0. The van der Waals surface area contributed by atoms with Gasteiger partial charge in [0.1, 0.15) is 0 Å². The van der Waals surface area contributed by atoms with Crippen molar-refractivity contribution in [1.82, 2.24) is 4.48 Å². The number of thioether (sulfide) groups is 1. The van der Waals surface area contributed by atoms with Crippen molar-refractivity contribution < 1.29 is 4.74 Å². The number of fused-ring (bicyclic) bond motifs is 1. The fourth-order valence-corrected chi connectivity index (χ4v) is 8.26. The average molecular weight is 394 g/mol. The Balaban J connectivity index is 1.88. The summed E-state index contributed by atoms with van der Waals surface area (Å²) in [4.78, 5) is 1.41. The predicted molar refractivity (Wildman–Crippen MR) is 115 cm³/mol. The molecule has 1 aliphatic heterocycles. The van der Waals surface area contributed by atoms with Gasteiger partial charge in [0.2, 0.25) is 4.71 Å². The molecule has 2 aliphatic carbocycles. The van der Waals surface area contributed by atoms with Gasteiger partial charge in [-0.1, -0.05) is 18.9 Å². The molecule has 0 amide bonds. The van der Waals surface area contributed by atoms with Gasteiger partial charge in [0.25, 0.3) is 0 Å². The largest absolute Gasteiger partial charge is 0.488 e. The molecule has 0 bridgehead atoms. The van der Waals surface area contributed by atoms with Crippen molar-refractivity contribution in [3.05, 3.63) is 18.2 Å². The molecular weight excluding hydrogens is 360 g/mol. The van der Waals surface area contributed by atoms with Crippen LogP contribution in [0.25, 0.3) is 0 Å². The van der Waals surface area contributed by atoms with E-state index >= 15 is 0 Å². The second kappa shape index (κ2) is 8.34. The molecule has 3 nitrogen and oxygen atoms in total. The minimum atomic E-state index is 0.373. The Morgan fingerprint density at radius 3 is 2.19 bits per heavy atom. The summed E-state index contributed by atoms with van der Waals surface area (Å²) in [5.74, 6) is 1.12. The second-order valence-corrected chi connectivity index (χ2v) is 10.2. The van der Waals surface area contributed by atoms with E-state index in [0.717, 1.165) is 16.8 Å². The van der Waals surface area contributed by atoms with E-state index in [1.807, 2.05) is 11.8 Å². The van der Waals surface area contributed by atoms with Crippen LogP contribution >= 0.6 is 23.7 Å². The van der Waals surface area contributed by atoms with Crippen LogP contribution in [0.1, 0.15) is 71.1 Å². The van der Waals surface area contributed by atoms with Gasteiger partial charge in [-0.25, -0.2) is 0 Å². The third-order valence-corrected chi connectivity index (χ3v) is 9.04. The molecule has 2 N–H and O–H groups in total. The maximum atomic E-state index is 6.37. The average Bonchev–Trinajstić information content (AvgIpc) is 3.06. The third-order valence-electron chi connectivity index (χ3n) is 6.70. The number of nitrogens with two attached hydrogens (primary N) is 1. The number of hydrogen-bond acceptors (Lipinski definition) is 4. The maximum absolute atomic E-state index is 6.37. The van der Waals surface area contributed by atoms with E-state index in [9.17, 15) is 0 Å². The van der Waals surface area contributed by atoms with Crippen molar-refractivity contribution in [2.45, 2.75) is 92.8 Å². The molecule has 4 rings (SSSR count). The van der Waals surface area contributed by atoms with Crippen LogP contribution in [0.15, 0.2) is 23.1 Å². The number of hydrogen-bond donors (Lipinski definition) is 1. The minimum Gasteiger partial charge on any atom is -0.488 e. The SMILES string of the molecule is CCOc1cccc2c1[N+](C1CCCCC1)(C1CCCCC1)C(SN)S2. The van der Waals surface area contributed by atoms with Crippen LogP contribution in [0.4, 0.5) is 5.69 Å². The van der Waals surface area contributed by atoms with Crippen LogP contribution in [-0.2, 0) is 0 Å². The maximum Gasteiger partial charge on any atom is 0.206 e. The Morgan fingerprint density at radius 1 is 1.04 bits per heavy atom. The van der Waals surface area contributed by atoms with E-state index in [2.05, 4.69) is 25.1 Å². The van der Waals surface area contributed by atoms with Crippen LogP contribution < -0.4 is 14.4 Å². The molecule has 144 valence electrons. The second-order valence-electron chi connectivity index (χ2n) is 8.02. The number of nitrogens with zero attached hydrogens (tertiary/aromatic N) is 1. The van der Waals surface area contributed by atoms with Crippen LogP contribution in [0, 0.1) is 0 Å². The van der Waals surface area contributed by atoms with Crippen LogP contribution in [0.5, 0.6) is 5.75 Å². The van der Waals surface area contributed by atoms with Crippen molar-refractivity contribution in [3.8, 4) is 5.75 Å². The van der Waals surface area contributed by atoms with Gasteiger partial charge in [-0.2, -0.15) is 0 Å². The van der Waals surface area contributed by atoms with Gasteiger partial charge in [0.15, 0.2) is 11.4 Å². The molecule has 0 spiro atoms. The lowest BCUT2D eigenvalue weighted by atomic mass is 9.85. The lowest BCUT2D eigenvalue weighted by Crippen LogP contribution is -2.66. The van der Waals surface area contributed by atoms with E-state index in [0.29, 0.717) is 16.8 Å². The summed E-state index contributed by atoms with van der Waals surface area (Å²) < 4.78 is 7.67. The molecule has 1 heterocycles. The highest BCUT2D eigenvalue weighted by molar-refractivity contribution is 8.16. The van der Waals surface area contributed by atoms with Crippen molar-refractivity contribution in [2.75, 3.05) is 6.61 Å². The number of ether oxygens (including phenoxy) is 1. The monoisotopic (exact) mass is 393 g/mol. The third kappa shape index (κ3) is 3.09. The molecule has 3 aliphatic rings. The standard InChI is InChI=1S/C21H33N2OS2/c1-2-24-18-14-9-15-19-20(18)23(21(25-19)26-22,16-10-5-3-6-11-16)17-12-7-4-8-13-17/h9,14-17,21H,2-8,10-13,22H2,1H3/q+1. The van der Waals surface area contributed by atoms with Crippen molar-refractivity contribution >= 4 is 29.4 Å². The number of para-hydroxylation sites is 1. The van der Waals surface area contributed by atoms with Gasteiger partial charge < -0.3 is 4.74 Å². The van der Waals surface area contributed by atoms with Gasteiger partial charge >= 0.3 is 0 Å². The van der Waals surface area contributed by atoms with Crippen molar-refractivity contribution in [1.29, 1.82) is 0 Å². The Hall–Kier alpha value is -0.360. The first-order valence-corrected chi connectivity index (χ1v) is 12.3. The lowest BCUT2D eigenvalue weighted by molar-refractivity contribution is 0.0965. The first kappa shape index (κ1) is 19.0. The summed E-state index contributed by atoms with van der Waals surface area (Å²) in [6, 6.07) is 8.06. The quantitative estimate of drug-likeness (QED) is 0.487. The lowest BCUT2D eigenvalue weighted by Gasteiger charge is -2.52. The topological polar surface area (TPSA) is 35.2 Å². The predicted octanol–water partition coefficient (Wildman–Crippen LogP) is 6.05. The molecule has 2 fully saturated rings. The first-order chi connectivity index (χ1) is 12.8. The summed E-state index contributed by atoms with van der Waals surface area (Å²) in [5, 5.41) is 6.37. The van der Waals surface area contributed by atoms with E-state index in [1.54, 1.807) is 11.9 Å². The first-order valence-electron chi connectivity index (χ1n) is 10.5. The molecule has 2 saturated carbocycles. The molecule has 0 aromatic heterocycles. The Kier molecular flexibility index (Phi) is 6.09. The molecule has 5 heteroatoms. The van der Waals surface area contributed by atoms with Gasteiger partial charge in [-0.15, -0.1) is 0 Å². The number of quaternary nitrogens is 1. The van der Waals surface area contributed by atoms with E-state index < -0.39 is 0 Å². The molecule has 0 saturated heterocycles. The molecule has 1 atom stereocenters. The number of benzene rings is 1. The summed E-state index contributed by atoms with van der Waals surface area (Å²) in [7, 11) is 0. The van der Waals surface area contributed by atoms with Crippen LogP contribution in [0.3, 0.4) is 0 Å². The van der Waals surface area contributed by atoms with Crippen LogP contribution in [-0.4, -0.2) is 23.4 Å². The van der Waals surface area contributed by atoms with E-state index in [-0.39, 0.29) is 0 Å². The van der Waals surface area contributed by atoms with Crippen LogP contribution in [0.2, 0.25) is 0 Å². The zero-order chi connectivity index (χ0) is 18.0. The smallest absolute Gasteiger partial charge is 0.206 e. The minimum absolute atomic E-state index is 0.373. The molecule has 1 aromatic rings. The fraction of sp³-hybridized carbons (Fsp3) is 0.714. The zero-order valence-corrected chi connectivity index (χ0v) is 17.6. The highest BCUT2D eigenvalue weighted by atomic mass is 32.2. The van der Waals surface area contributed by atoms with Gasteiger partial charge in [0.05, 0.1) is 23.6 Å². The molecule has 0 radical (unpaired) electrons. The fourth-order valence-electron chi connectivity index (χ4n) is 5.70. The summed E-state index contributed by atoms with van der Waals surface area (Å²) in [5.41, 5.74) is 1.47. The number of rotatable bonds is 5. The molecule has 1 aromatic carbocycles. The van der Waals surface area contributed by atoms with Gasteiger partial charge in [0, 0.05) is 0 Å².